The van der Waals surface area contributed by atoms with Crippen LogP contribution in [0.4, 0.5) is 0 Å². The second-order valence-corrected chi connectivity index (χ2v) is 6.35. The summed E-state index contributed by atoms with van der Waals surface area (Å²) in [6.07, 6.45) is 8.14. The summed E-state index contributed by atoms with van der Waals surface area (Å²) < 4.78 is 5.21. The Morgan fingerprint density at radius 1 is 1.10 bits per heavy atom. The van der Waals surface area contributed by atoms with Crippen LogP contribution in [0.3, 0.4) is 0 Å². The lowest BCUT2D eigenvalue weighted by Crippen LogP contribution is -2.44. The minimum absolute atomic E-state index is 0.0455. The van der Waals surface area contributed by atoms with Gasteiger partial charge in [-0.3, -0.25) is 4.90 Å². The zero-order valence-electron chi connectivity index (χ0n) is 13.7. The normalized spacial score (nSPS) is 20.0. The first-order valence-electron chi connectivity index (χ1n) is 8.25. The highest BCUT2D eigenvalue weighted by atomic mass is 16.5. The van der Waals surface area contributed by atoms with Crippen LogP contribution in [0.2, 0.25) is 0 Å². The van der Waals surface area contributed by atoms with Gasteiger partial charge in [0.2, 0.25) is 0 Å². The van der Waals surface area contributed by atoms with E-state index in [-0.39, 0.29) is 6.04 Å². The highest BCUT2D eigenvalue weighted by Gasteiger charge is 2.25. The first-order valence-corrected chi connectivity index (χ1v) is 8.25. The number of nitrogens with two attached hydrogens (primary N) is 1. The van der Waals surface area contributed by atoms with Gasteiger partial charge in [0.05, 0.1) is 7.11 Å². The van der Waals surface area contributed by atoms with Crippen molar-refractivity contribution in [3.63, 3.8) is 0 Å². The van der Waals surface area contributed by atoms with Crippen molar-refractivity contribution >= 4 is 0 Å². The Kier molecular flexibility index (Phi) is 6.07. The van der Waals surface area contributed by atoms with Crippen molar-refractivity contribution in [3.05, 3.63) is 29.8 Å². The zero-order chi connectivity index (χ0) is 15.2. The lowest BCUT2D eigenvalue weighted by molar-refractivity contribution is 0.148. The van der Waals surface area contributed by atoms with Gasteiger partial charge in [0.1, 0.15) is 5.75 Å². The fourth-order valence-electron chi connectivity index (χ4n) is 3.36. The molecule has 0 bridgehead atoms. The molecule has 0 amide bonds. The first kappa shape index (κ1) is 16.3. The lowest BCUT2D eigenvalue weighted by atomic mass is 9.97. The number of nitrogens with zero attached hydrogens (tertiary/aromatic N) is 1. The molecule has 1 fully saturated rings. The number of benzene rings is 1. The molecule has 1 aliphatic rings. The van der Waals surface area contributed by atoms with Crippen LogP contribution in [0.25, 0.3) is 0 Å². The molecule has 2 N–H and O–H groups in total. The SMILES string of the molecule is COc1ccc(C(N)C(C)N(C)C2CCCCCC2)cc1. The predicted molar refractivity (Wildman–Crippen MR) is 88.6 cm³/mol. The Morgan fingerprint density at radius 3 is 2.19 bits per heavy atom. The topological polar surface area (TPSA) is 38.5 Å². The standard InChI is InChI=1S/C18H30N2O/c1-14(20(2)16-8-6-4-5-7-9-16)18(19)15-10-12-17(21-3)13-11-15/h10-14,16,18H,4-9,19H2,1-3H3. The maximum Gasteiger partial charge on any atom is 0.118 e. The van der Waals surface area contributed by atoms with Crippen molar-refractivity contribution in [3.8, 4) is 5.75 Å². The summed E-state index contributed by atoms with van der Waals surface area (Å²) in [5.41, 5.74) is 7.68. The molecule has 1 saturated carbocycles. The number of hydrogen-bond acceptors (Lipinski definition) is 3. The van der Waals surface area contributed by atoms with Crippen LogP contribution in [0.1, 0.15) is 57.1 Å². The van der Waals surface area contributed by atoms with Crippen molar-refractivity contribution in [1.82, 2.24) is 4.90 Å². The van der Waals surface area contributed by atoms with Gasteiger partial charge in [-0.05, 0) is 44.5 Å². The highest BCUT2D eigenvalue weighted by Crippen LogP contribution is 2.26. The average molecular weight is 290 g/mol. The highest BCUT2D eigenvalue weighted by molar-refractivity contribution is 5.29. The second-order valence-electron chi connectivity index (χ2n) is 6.35. The van der Waals surface area contributed by atoms with Crippen LogP contribution in [-0.4, -0.2) is 31.1 Å². The van der Waals surface area contributed by atoms with Crippen molar-refractivity contribution in [2.45, 2.75) is 63.6 Å². The molecule has 21 heavy (non-hydrogen) atoms. The van der Waals surface area contributed by atoms with Gasteiger partial charge in [-0.2, -0.15) is 0 Å². The quantitative estimate of drug-likeness (QED) is 0.840. The van der Waals surface area contributed by atoms with Gasteiger partial charge in [0.25, 0.3) is 0 Å². The molecule has 0 saturated heterocycles. The molecule has 0 aromatic heterocycles. The maximum absolute atomic E-state index is 6.49. The minimum Gasteiger partial charge on any atom is -0.497 e. The van der Waals surface area contributed by atoms with E-state index >= 15 is 0 Å². The van der Waals surface area contributed by atoms with Gasteiger partial charge in [0, 0.05) is 18.1 Å². The van der Waals surface area contributed by atoms with E-state index in [0.29, 0.717) is 12.1 Å². The summed E-state index contributed by atoms with van der Waals surface area (Å²) in [5.74, 6) is 0.885. The van der Waals surface area contributed by atoms with Gasteiger partial charge in [-0.25, -0.2) is 0 Å². The maximum atomic E-state index is 6.49. The van der Waals surface area contributed by atoms with E-state index in [1.807, 2.05) is 12.1 Å². The van der Waals surface area contributed by atoms with Crippen LogP contribution in [0.5, 0.6) is 5.75 Å². The van der Waals surface area contributed by atoms with Crippen LogP contribution < -0.4 is 10.5 Å². The molecule has 1 aliphatic carbocycles. The molecule has 1 aromatic rings. The fourth-order valence-corrected chi connectivity index (χ4v) is 3.36. The Bertz CT molecular complexity index is 410. The predicted octanol–water partition coefficient (Wildman–Crippen LogP) is 3.74. The number of likely N-dealkylation sites (N-methyl/N-ethyl adjacent to an activating group) is 1. The Balaban J connectivity index is 2.00. The number of hydrogen-bond donors (Lipinski definition) is 1. The summed E-state index contributed by atoms with van der Waals surface area (Å²) in [7, 11) is 3.93. The molecule has 0 radical (unpaired) electrons. The number of ether oxygens (including phenoxy) is 1. The van der Waals surface area contributed by atoms with Gasteiger partial charge in [-0.15, -0.1) is 0 Å². The molecule has 3 heteroatoms. The summed E-state index contributed by atoms with van der Waals surface area (Å²) >= 11 is 0. The molecule has 2 rings (SSSR count). The minimum atomic E-state index is 0.0455. The van der Waals surface area contributed by atoms with E-state index in [2.05, 4.69) is 31.0 Å². The summed E-state index contributed by atoms with van der Waals surface area (Å²) in [6.45, 7) is 2.25. The Labute approximate surface area is 129 Å². The molecule has 2 unspecified atom stereocenters. The fraction of sp³-hybridized carbons (Fsp3) is 0.667. The monoisotopic (exact) mass is 290 g/mol. The molecular weight excluding hydrogens is 260 g/mol. The van der Waals surface area contributed by atoms with Gasteiger partial charge in [0.15, 0.2) is 0 Å². The van der Waals surface area contributed by atoms with E-state index in [9.17, 15) is 0 Å². The Hall–Kier alpha value is -1.06. The van der Waals surface area contributed by atoms with E-state index in [4.69, 9.17) is 10.5 Å². The number of rotatable bonds is 5. The molecular formula is C18H30N2O. The first-order chi connectivity index (χ1) is 10.1. The van der Waals surface area contributed by atoms with E-state index < -0.39 is 0 Å². The Morgan fingerprint density at radius 2 is 1.67 bits per heavy atom. The summed E-state index contributed by atoms with van der Waals surface area (Å²) in [5, 5.41) is 0. The molecule has 2 atom stereocenters. The van der Waals surface area contributed by atoms with Crippen molar-refractivity contribution in [1.29, 1.82) is 0 Å². The molecule has 0 aliphatic heterocycles. The van der Waals surface area contributed by atoms with Crippen LogP contribution in [-0.2, 0) is 0 Å². The molecule has 1 aromatic carbocycles. The van der Waals surface area contributed by atoms with Crippen molar-refractivity contribution in [2.75, 3.05) is 14.2 Å². The average Bonchev–Trinajstić information content (AvgIpc) is 2.82. The number of methoxy groups -OCH3 is 1. The van der Waals surface area contributed by atoms with E-state index in [1.54, 1.807) is 7.11 Å². The smallest absolute Gasteiger partial charge is 0.118 e. The zero-order valence-corrected chi connectivity index (χ0v) is 13.7. The van der Waals surface area contributed by atoms with Gasteiger partial charge >= 0.3 is 0 Å². The molecule has 118 valence electrons. The summed E-state index contributed by atoms with van der Waals surface area (Å²) in [4.78, 5) is 2.50. The van der Waals surface area contributed by atoms with Crippen molar-refractivity contribution < 1.29 is 4.74 Å². The third-order valence-electron chi connectivity index (χ3n) is 5.06. The van der Waals surface area contributed by atoms with Crippen LogP contribution >= 0.6 is 0 Å². The molecule has 3 nitrogen and oxygen atoms in total. The van der Waals surface area contributed by atoms with E-state index in [1.165, 1.54) is 44.1 Å². The lowest BCUT2D eigenvalue weighted by Gasteiger charge is -2.36. The van der Waals surface area contributed by atoms with Crippen LogP contribution in [0, 0.1) is 0 Å². The van der Waals surface area contributed by atoms with Gasteiger partial charge in [-0.1, -0.05) is 37.8 Å². The van der Waals surface area contributed by atoms with E-state index in [0.717, 1.165) is 5.75 Å². The second kappa shape index (κ2) is 7.81. The van der Waals surface area contributed by atoms with Crippen molar-refractivity contribution in [2.24, 2.45) is 5.73 Å². The third-order valence-corrected chi connectivity index (χ3v) is 5.06. The molecule has 0 heterocycles. The summed E-state index contributed by atoms with van der Waals surface area (Å²) in [6, 6.07) is 9.24. The molecule has 0 spiro atoms. The largest absolute Gasteiger partial charge is 0.497 e. The third kappa shape index (κ3) is 4.21. The van der Waals surface area contributed by atoms with Crippen LogP contribution in [0.15, 0.2) is 24.3 Å². The van der Waals surface area contributed by atoms with Gasteiger partial charge < -0.3 is 10.5 Å².